The maximum Gasteiger partial charge on any atom is 0.305 e. The van der Waals surface area contributed by atoms with Gasteiger partial charge in [-0.1, -0.05) is 44.2 Å². The molecule has 1 aromatic rings. The fourth-order valence-corrected chi connectivity index (χ4v) is 1.44. The number of benzene rings is 1. The monoisotopic (exact) mass is 265 g/mol. The largest absolute Gasteiger partial charge is 0.466 e. The van der Waals surface area contributed by atoms with E-state index in [9.17, 15) is 4.79 Å². The van der Waals surface area contributed by atoms with Crippen molar-refractivity contribution in [1.29, 1.82) is 0 Å². The number of rotatable bonds is 6. The van der Waals surface area contributed by atoms with Gasteiger partial charge in [0, 0.05) is 13.0 Å². The van der Waals surface area contributed by atoms with Crippen LogP contribution >= 0.6 is 0 Å². The Morgan fingerprint density at radius 1 is 1.16 bits per heavy atom. The average molecular weight is 265 g/mol. The summed E-state index contributed by atoms with van der Waals surface area (Å²) in [6.45, 7) is 8.60. The molecule has 0 aromatic heterocycles. The SMILES string of the molecule is CCCC(=O)OCC.CCN(C)Cc1ccccc1. The minimum Gasteiger partial charge on any atom is -0.466 e. The van der Waals surface area contributed by atoms with Gasteiger partial charge in [-0.3, -0.25) is 4.79 Å². The number of esters is 1. The number of hydrogen-bond acceptors (Lipinski definition) is 3. The van der Waals surface area contributed by atoms with Crippen molar-refractivity contribution in [3.05, 3.63) is 35.9 Å². The Morgan fingerprint density at radius 3 is 2.26 bits per heavy atom. The van der Waals surface area contributed by atoms with E-state index in [1.807, 2.05) is 13.8 Å². The van der Waals surface area contributed by atoms with Crippen molar-refractivity contribution in [3.8, 4) is 0 Å². The highest BCUT2D eigenvalue weighted by molar-refractivity contribution is 5.69. The van der Waals surface area contributed by atoms with E-state index in [1.54, 1.807) is 0 Å². The van der Waals surface area contributed by atoms with Crippen molar-refractivity contribution in [1.82, 2.24) is 4.90 Å². The highest BCUT2D eigenvalue weighted by Crippen LogP contribution is 2.01. The second kappa shape index (κ2) is 11.7. The molecule has 0 N–H and O–H groups in total. The molecule has 0 aliphatic rings. The lowest BCUT2D eigenvalue weighted by Crippen LogP contribution is -2.16. The lowest BCUT2D eigenvalue weighted by Gasteiger charge is -2.12. The number of nitrogens with zero attached hydrogens (tertiary/aromatic N) is 1. The van der Waals surface area contributed by atoms with Crippen LogP contribution in [0.25, 0.3) is 0 Å². The smallest absolute Gasteiger partial charge is 0.305 e. The molecule has 0 amide bonds. The zero-order chi connectivity index (χ0) is 14.5. The predicted molar refractivity (Wildman–Crippen MR) is 80.0 cm³/mol. The molecule has 19 heavy (non-hydrogen) atoms. The highest BCUT2D eigenvalue weighted by Gasteiger charge is 1.95. The maximum atomic E-state index is 10.4. The summed E-state index contributed by atoms with van der Waals surface area (Å²) in [7, 11) is 2.13. The van der Waals surface area contributed by atoms with E-state index in [2.05, 4.69) is 53.9 Å². The van der Waals surface area contributed by atoms with Crippen molar-refractivity contribution < 1.29 is 9.53 Å². The van der Waals surface area contributed by atoms with Crippen LogP contribution in [-0.2, 0) is 16.1 Å². The average Bonchev–Trinajstić information content (AvgIpc) is 2.41. The first-order chi connectivity index (χ1) is 9.13. The molecule has 1 rings (SSSR count). The lowest BCUT2D eigenvalue weighted by molar-refractivity contribution is -0.143. The molecule has 0 unspecified atom stereocenters. The van der Waals surface area contributed by atoms with Crippen LogP contribution < -0.4 is 0 Å². The van der Waals surface area contributed by atoms with E-state index >= 15 is 0 Å². The lowest BCUT2D eigenvalue weighted by atomic mass is 10.2. The van der Waals surface area contributed by atoms with Crippen LogP contribution in [0.15, 0.2) is 30.3 Å². The maximum absolute atomic E-state index is 10.4. The molecule has 3 heteroatoms. The van der Waals surface area contributed by atoms with Crippen LogP contribution in [0.2, 0.25) is 0 Å². The number of carbonyl (C=O) groups excluding carboxylic acids is 1. The molecule has 0 saturated carbocycles. The Kier molecular flexibility index (Phi) is 10.9. The zero-order valence-electron chi connectivity index (χ0n) is 12.7. The third-order valence-corrected chi connectivity index (χ3v) is 2.59. The Hall–Kier alpha value is -1.35. The molecule has 0 aliphatic carbocycles. The summed E-state index contributed by atoms with van der Waals surface area (Å²) in [5.41, 5.74) is 1.39. The Labute approximate surface area is 117 Å². The summed E-state index contributed by atoms with van der Waals surface area (Å²) < 4.78 is 4.64. The van der Waals surface area contributed by atoms with E-state index in [0.29, 0.717) is 13.0 Å². The van der Waals surface area contributed by atoms with Gasteiger partial charge >= 0.3 is 5.97 Å². The van der Waals surface area contributed by atoms with Gasteiger partial charge in [0.15, 0.2) is 0 Å². The second-order valence-corrected chi connectivity index (χ2v) is 4.37. The first-order valence-electron chi connectivity index (χ1n) is 7.02. The predicted octanol–water partition coefficient (Wildman–Crippen LogP) is 3.49. The second-order valence-electron chi connectivity index (χ2n) is 4.37. The quantitative estimate of drug-likeness (QED) is 0.737. The van der Waals surface area contributed by atoms with Crippen molar-refractivity contribution >= 4 is 5.97 Å². The molecule has 0 aliphatic heterocycles. The van der Waals surface area contributed by atoms with Crippen LogP contribution in [-0.4, -0.2) is 31.1 Å². The van der Waals surface area contributed by atoms with Crippen molar-refractivity contribution in [3.63, 3.8) is 0 Å². The van der Waals surface area contributed by atoms with E-state index in [0.717, 1.165) is 19.5 Å². The van der Waals surface area contributed by atoms with E-state index in [1.165, 1.54) is 5.56 Å². The fourth-order valence-electron chi connectivity index (χ4n) is 1.44. The summed E-state index contributed by atoms with van der Waals surface area (Å²) in [5.74, 6) is -0.0880. The fraction of sp³-hybridized carbons (Fsp3) is 0.562. The Morgan fingerprint density at radius 2 is 1.79 bits per heavy atom. The Balaban J connectivity index is 0.000000362. The third kappa shape index (κ3) is 10.3. The normalized spacial score (nSPS) is 9.74. The van der Waals surface area contributed by atoms with Crippen LogP contribution in [0.4, 0.5) is 0 Å². The van der Waals surface area contributed by atoms with Crippen molar-refractivity contribution in [2.45, 2.75) is 40.2 Å². The molecule has 0 bridgehead atoms. The van der Waals surface area contributed by atoms with Gasteiger partial charge in [0.05, 0.1) is 6.61 Å². The van der Waals surface area contributed by atoms with Crippen LogP contribution in [0, 0.1) is 0 Å². The number of carbonyl (C=O) groups is 1. The molecule has 108 valence electrons. The Bertz CT molecular complexity index is 317. The molecule has 0 saturated heterocycles. The number of ether oxygens (including phenoxy) is 1. The minimum absolute atomic E-state index is 0.0880. The van der Waals surface area contributed by atoms with Gasteiger partial charge in [-0.05, 0) is 32.5 Å². The summed E-state index contributed by atoms with van der Waals surface area (Å²) in [4.78, 5) is 12.7. The molecule has 1 aromatic carbocycles. The molecular formula is C16H27NO2. The van der Waals surface area contributed by atoms with Gasteiger partial charge in [0.25, 0.3) is 0 Å². The summed E-state index contributed by atoms with van der Waals surface area (Å²) in [5, 5.41) is 0. The zero-order valence-corrected chi connectivity index (χ0v) is 12.7. The molecular weight excluding hydrogens is 238 g/mol. The van der Waals surface area contributed by atoms with Gasteiger partial charge < -0.3 is 9.64 Å². The first-order valence-corrected chi connectivity index (χ1v) is 7.02. The van der Waals surface area contributed by atoms with Crippen molar-refractivity contribution in [2.75, 3.05) is 20.2 Å². The molecule has 0 spiro atoms. The van der Waals surface area contributed by atoms with Gasteiger partial charge in [0.2, 0.25) is 0 Å². The topological polar surface area (TPSA) is 29.5 Å². The summed E-state index contributed by atoms with van der Waals surface area (Å²) in [6, 6.07) is 10.5. The van der Waals surface area contributed by atoms with Crippen LogP contribution in [0.1, 0.15) is 39.2 Å². The van der Waals surface area contributed by atoms with Gasteiger partial charge in [0.1, 0.15) is 0 Å². The standard InChI is InChI=1S/C10H15N.C6H12O2/c1-3-11(2)9-10-7-5-4-6-8-10;1-3-5-6(7)8-4-2/h4-8H,3,9H2,1-2H3;3-5H2,1-2H3. The molecule has 0 fully saturated rings. The van der Waals surface area contributed by atoms with E-state index in [4.69, 9.17) is 0 Å². The molecule has 0 heterocycles. The highest BCUT2D eigenvalue weighted by atomic mass is 16.5. The molecule has 0 radical (unpaired) electrons. The summed E-state index contributed by atoms with van der Waals surface area (Å²) in [6.07, 6.45) is 1.42. The van der Waals surface area contributed by atoms with Gasteiger partial charge in [-0.2, -0.15) is 0 Å². The van der Waals surface area contributed by atoms with E-state index in [-0.39, 0.29) is 5.97 Å². The first kappa shape index (κ1) is 17.6. The van der Waals surface area contributed by atoms with Crippen molar-refractivity contribution in [2.24, 2.45) is 0 Å². The van der Waals surface area contributed by atoms with Crippen LogP contribution in [0.5, 0.6) is 0 Å². The molecule has 3 nitrogen and oxygen atoms in total. The third-order valence-electron chi connectivity index (χ3n) is 2.59. The van der Waals surface area contributed by atoms with Gasteiger partial charge in [-0.15, -0.1) is 0 Å². The minimum atomic E-state index is -0.0880. The van der Waals surface area contributed by atoms with E-state index < -0.39 is 0 Å². The van der Waals surface area contributed by atoms with Gasteiger partial charge in [-0.25, -0.2) is 0 Å². The molecule has 0 atom stereocenters. The summed E-state index contributed by atoms with van der Waals surface area (Å²) >= 11 is 0. The number of hydrogen-bond donors (Lipinski definition) is 0. The van der Waals surface area contributed by atoms with Crippen LogP contribution in [0.3, 0.4) is 0 Å².